The van der Waals surface area contributed by atoms with Crippen LogP contribution in [-0.2, 0) is 0 Å². The van der Waals surface area contributed by atoms with Gasteiger partial charge in [-0.1, -0.05) is 19.4 Å². The number of benzene rings is 1. The van der Waals surface area contributed by atoms with Crippen molar-refractivity contribution in [1.29, 1.82) is 0 Å². The summed E-state index contributed by atoms with van der Waals surface area (Å²) in [5.74, 6) is 0.579. The van der Waals surface area contributed by atoms with Crippen LogP contribution in [0.4, 0.5) is 0 Å². The SMILES string of the molecule is COc1ccc2nc(C(=O)NC3CCCC3(C)CO)ccc2c1. The van der Waals surface area contributed by atoms with Crippen molar-refractivity contribution in [2.24, 2.45) is 5.41 Å². The Kier molecular flexibility index (Phi) is 4.22. The van der Waals surface area contributed by atoms with E-state index in [1.165, 1.54) is 0 Å². The van der Waals surface area contributed by atoms with Gasteiger partial charge in [0.2, 0.25) is 0 Å². The van der Waals surface area contributed by atoms with E-state index >= 15 is 0 Å². The van der Waals surface area contributed by atoms with Gasteiger partial charge in [0.15, 0.2) is 0 Å². The number of carbonyl (C=O) groups excluding carboxylic acids is 1. The number of methoxy groups -OCH3 is 1. The molecule has 1 aliphatic carbocycles. The Morgan fingerprint density at radius 2 is 2.26 bits per heavy atom. The zero-order valence-electron chi connectivity index (χ0n) is 13.5. The molecule has 122 valence electrons. The van der Waals surface area contributed by atoms with Crippen molar-refractivity contribution in [3.63, 3.8) is 0 Å². The number of nitrogens with one attached hydrogen (secondary N) is 1. The Morgan fingerprint density at radius 3 is 3.00 bits per heavy atom. The van der Waals surface area contributed by atoms with E-state index in [-0.39, 0.29) is 24.0 Å². The van der Waals surface area contributed by atoms with Crippen LogP contribution in [0.25, 0.3) is 10.9 Å². The molecule has 0 bridgehead atoms. The van der Waals surface area contributed by atoms with Crippen LogP contribution in [0.1, 0.15) is 36.7 Å². The fourth-order valence-electron chi connectivity index (χ4n) is 3.26. The molecule has 1 amide bonds. The predicted octanol–water partition coefficient (Wildman–Crippen LogP) is 2.52. The lowest BCUT2D eigenvalue weighted by atomic mass is 9.86. The Balaban J connectivity index is 1.81. The van der Waals surface area contributed by atoms with Crippen LogP contribution in [0.2, 0.25) is 0 Å². The van der Waals surface area contributed by atoms with Crippen LogP contribution in [-0.4, -0.2) is 35.8 Å². The summed E-state index contributed by atoms with van der Waals surface area (Å²) in [4.78, 5) is 16.9. The van der Waals surface area contributed by atoms with Crippen molar-refractivity contribution < 1.29 is 14.6 Å². The summed E-state index contributed by atoms with van der Waals surface area (Å²) in [6.45, 7) is 2.11. The molecule has 2 atom stereocenters. The standard InChI is InChI=1S/C18H22N2O3/c1-18(11-21)9-3-4-16(18)20-17(22)15-7-5-12-10-13(23-2)6-8-14(12)19-15/h5-8,10,16,21H,3-4,9,11H2,1-2H3,(H,20,22). The van der Waals surface area contributed by atoms with Gasteiger partial charge in [0, 0.05) is 16.8 Å². The second-order valence-corrected chi connectivity index (χ2v) is 6.49. The van der Waals surface area contributed by atoms with E-state index in [1.807, 2.05) is 31.2 Å². The molecule has 0 radical (unpaired) electrons. The minimum absolute atomic E-state index is 0.00614. The van der Waals surface area contributed by atoms with E-state index in [9.17, 15) is 9.90 Å². The quantitative estimate of drug-likeness (QED) is 0.909. The summed E-state index contributed by atoms with van der Waals surface area (Å²) >= 11 is 0. The van der Waals surface area contributed by atoms with Gasteiger partial charge in [0.25, 0.3) is 5.91 Å². The summed E-state index contributed by atoms with van der Waals surface area (Å²) < 4.78 is 5.19. The number of fused-ring (bicyclic) bond motifs is 1. The molecular formula is C18H22N2O3. The molecule has 0 saturated heterocycles. The smallest absolute Gasteiger partial charge is 0.270 e. The van der Waals surface area contributed by atoms with Crippen LogP contribution >= 0.6 is 0 Å². The third-order valence-corrected chi connectivity index (χ3v) is 4.88. The summed E-state index contributed by atoms with van der Waals surface area (Å²) in [6, 6.07) is 9.16. The molecule has 1 aromatic carbocycles. The molecule has 0 spiro atoms. The van der Waals surface area contributed by atoms with E-state index < -0.39 is 0 Å². The molecule has 2 N–H and O–H groups in total. The van der Waals surface area contributed by atoms with Gasteiger partial charge < -0.3 is 15.2 Å². The van der Waals surface area contributed by atoms with Crippen LogP contribution in [0.3, 0.4) is 0 Å². The van der Waals surface area contributed by atoms with Gasteiger partial charge in [-0.25, -0.2) is 4.98 Å². The number of amides is 1. The normalized spacial score (nSPS) is 23.9. The van der Waals surface area contributed by atoms with Gasteiger partial charge in [-0.15, -0.1) is 0 Å². The zero-order valence-corrected chi connectivity index (χ0v) is 13.5. The first kappa shape index (κ1) is 15.7. The van der Waals surface area contributed by atoms with Gasteiger partial charge in [-0.2, -0.15) is 0 Å². The lowest BCUT2D eigenvalue weighted by Crippen LogP contribution is -2.45. The maximum atomic E-state index is 12.5. The van der Waals surface area contributed by atoms with Crippen LogP contribution < -0.4 is 10.1 Å². The van der Waals surface area contributed by atoms with E-state index in [0.717, 1.165) is 35.9 Å². The van der Waals surface area contributed by atoms with E-state index in [0.29, 0.717) is 5.69 Å². The average molecular weight is 314 g/mol. The number of aromatic nitrogens is 1. The molecular weight excluding hydrogens is 292 g/mol. The van der Waals surface area contributed by atoms with Gasteiger partial charge >= 0.3 is 0 Å². The maximum Gasteiger partial charge on any atom is 0.270 e. The average Bonchev–Trinajstić information content (AvgIpc) is 2.95. The molecule has 1 heterocycles. The monoisotopic (exact) mass is 314 g/mol. The predicted molar refractivity (Wildman–Crippen MR) is 88.6 cm³/mol. The molecule has 23 heavy (non-hydrogen) atoms. The highest BCUT2D eigenvalue weighted by Gasteiger charge is 2.39. The van der Waals surface area contributed by atoms with Gasteiger partial charge in [-0.3, -0.25) is 4.79 Å². The highest BCUT2D eigenvalue weighted by atomic mass is 16.5. The number of pyridine rings is 1. The molecule has 1 saturated carbocycles. The van der Waals surface area contributed by atoms with Crippen LogP contribution in [0.5, 0.6) is 5.75 Å². The molecule has 3 rings (SSSR count). The van der Waals surface area contributed by atoms with Crippen molar-refractivity contribution in [3.05, 3.63) is 36.0 Å². The largest absolute Gasteiger partial charge is 0.497 e. The topological polar surface area (TPSA) is 71.5 Å². The number of hydrogen-bond acceptors (Lipinski definition) is 4. The summed E-state index contributed by atoms with van der Waals surface area (Å²) in [6.07, 6.45) is 2.85. The Labute approximate surface area is 135 Å². The van der Waals surface area contributed by atoms with Gasteiger partial charge in [0.1, 0.15) is 11.4 Å². The first-order valence-corrected chi connectivity index (χ1v) is 7.92. The molecule has 5 heteroatoms. The molecule has 1 fully saturated rings. The third kappa shape index (κ3) is 3.01. The highest BCUT2D eigenvalue weighted by molar-refractivity contribution is 5.95. The van der Waals surface area contributed by atoms with E-state index in [4.69, 9.17) is 4.74 Å². The molecule has 1 aromatic heterocycles. The third-order valence-electron chi connectivity index (χ3n) is 4.88. The Hall–Kier alpha value is -2.14. The summed E-state index contributed by atoms with van der Waals surface area (Å²) in [7, 11) is 1.62. The second kappa shape index (κ2) is 6.16. The van der Waals surface area contributed by atoms with Crippen molar-refractivity contribution in [1.82, 2.24) is 10.3 Å². The molecule has 2 aromatic rings. The zero-order chi connectivity index (χ0) is 16.4. The lowest BCUT2D eigenvalue weighted by molar-refractivity contribution is 0.0826. The first-order chi connectivity index (χ1) is 11.1. The summed E-state index contributed by atoms with van der Waals surface area (Å²) in [5.41, 5.74) is 0.921. The number of aliphatic hydroxyl groups is 1. The van der Waals surface area contributed by atoms with E-state index in [1.54, 1.807) is 13.2 Å². The highest BCUT2D eigenvalue weighted by Crippen LogP contribution is 2.37. The van der Waals surface area contributed by atoms with Crippen molar-refractivity contribution in [2.75, 3.05) is 13.7 Å². The minimum Gasteiger partial charge on any atom is -0.497 e. The number of carbonyl (C=O) groups is 1. The molecule has 2 unspecified atom stereocenters. The van der Waals surface area contributed by atoms with Crippen molar-refractivity contribution in [2.45, 2.75) is 32.2 Å². The van der Waals surface area contributed by atoms with Crippen LogP contribution in [0, 0.1) is 5.41 Å². The fraction of sp³-hybridized carbons (Fsp3) is 0.444. The molecule has 5 nitrogen and oxygen atoms in total. The van der Waals surface area contributed by atoms with Gasteiger partial charge in [0.05, 0.1) is 19.2 Å². The van der Waals surface area contributed by atoms with Crippen molar-refractivity contribution in [3.8, 4) is 5.75 Å². The first-order valence-electron chi connectivity index (χ1n) is 7.92. The van der Waals surface area contributed by atoms with Crippen molar-refractivity contribution >= 4 is 16.8 Å². The number of rotatable bonds is 4. The van der Waals surface area contributed by atoms with Gasteiger partial charge in [-0.05, 0) is 37.1 Å². The molecule has 0 aliphatic heterocycles. The number of ether oxygens (including phenoxy) is 1. The number of nitrogens with zero attached hydrogens (tertiary/aromatic N) is 1. The summed E-state index contributed by atoms with van der Waals surface area (Å²) in [5, 5.41) is 13.6. The number of hydrogen-bond donors (Lipinski definition) is 2. The lowest BCUT2D eigenvalue weighted by Gasteiger charge is -2.29. The number of aliphatic hydroxyl groups excluding tert-OH is 1. The molecule has 1 aliphatic rings. The Bertz CT molecular complexity index is 731. The Morgan fingerprint density at radius 1 is 1.43 bits per heavy atom. The second-order valence-electron chi connectivity index (χ2n) is 6.49. The maximum absolute atomic E-state index is 12.5. The van der Waals surface area contributed by atoms with E-state index in [2.05, 4.69) is 10.3 Å². The van der Waals surface area contributed by atoms with Crippen LogP contribution in [0.15, 0.2) is 30.3 Å². The minimum atomic E-state index is -0.236. The fourth-order valence-corrected chi connectivity index (χ4v) is 3.26.